The van der Waals surface area contributed by atoms with Crippen LogP contribution >= 0.6 is 0 Å². The van der Waals surface area contributed by atoms with E-state index >= 15 is 0 Å². The van der Waals surface area contributed by atoms with E-state index in [1.54, 1.807) is 0 Å². The van der Waals surface area contributed by atoms with E-state index in [1.807, 2.05) is 32.0 Å². The van der Waals surface area contributed by atoms with Gasteiger partial charge < -0.3 is 14.8 Å². The van der Waals surface area contributed by atoms with Crippen molar-refractivity contribution in [1.29, 1.82) is 0 Å². The number of ether oxygens (including phenoxy) is 1. The van der Waals surface area contributed by atoms with Crippen LogP contribution in [0.3, 0.4) is 0 Å². The molecule has 0 fully saturated rings. The number of aromatic nitrogens is 2. The number of aromatic carboxylic acids is 1. The molecule has 1 aromatic carbocycles. The number of benzene rings is 1. The van der Waals surface area contributed by atoms with Crippen molar-refractivity contribution in [2.24, 2.45) is 0 Å². The molecule has 0 aliphatic rings. The van der Waals surface area contributed by atoms with Gasteiger partial charge in [-0.05, 0) is 25.5 Å². The molecule has 1 aromatic heterocycles. The van der Waals surface area contributed by atoms with E-state index in [0.29, 0.717) is 5.75 Å². The van der Waals surface area contributed by atoms with Crippen molar-refractivity contribution >= 4 is 5.97 Å². The number of nitrogens with one attached hydrogen (secondary N) is 1. The Morgan fingerprint density at radius 2 is 2.15 bits per heavy atom. The quantitative estimate of drug-likeness (QED) is 0.884. The molecule has 6 nitrogen and oxygen atoms in total. The van der Waals surface area contributed by atoms with E-state index in [1.165, 1.54) is 0 Å². The van der Waals surface area contributed by atoms with Gasteiger partial charge in [0.05, 0.1) is 0 Å². The van der Waals surface area contributed by atoms with Crippen LogP contribution in [0.2, 0.25) is 0 Å². The van der Waals surface area contributed by atoms with Crippen LogP contribution in [0.5, 0.6) is 5.75 Å². The fourth-order valence-corrected chi connectivity index (χ4v) is 1.76. The second-order valence-corrected chi connectivity index (χ2v) is 4.44. The number of carboxylic acid groups (broad SMARTS) is 1. The second kappa shape index (κ2) is 5.56. The van der Waals surface area contributed by atoms with E-state index < -0.39 is 11.5 Å². The minimum atomic E-state index is -1.31. The number of carbonyl (C=O) groups is 1. The maximum Gasteiger partial charge on any atom is 0.342 e. The minimum Gasteiger partial charge on any atom is -0.485 e. The lowest BCUT2D eigenvalue weighted by Gasteiger charge is -2.09. The Morgan fingerprint density at radius 3 is 2.75 bits per heavy atom. The zero-order valence-electron chi connectivity index (χ0n) is 11.1. The molecule has 2 N–H and O–H groups in total. The van der Waals surface area contributed by atoms with Crippen LogP contribution in [0.4, 0.5) is 0 Å². The molecule has 6 heteroatoms. The number of hydrogen-bond acceptors (Lipinski definition) is 4. The summed E-state index contributed by atoms with van der Waals surface area (Å²) in [6.07, 6.45) is 1.03. The molecule has 2 rings (SSSR count). The molecule has 2 aromatic rings. The lowest BCUT2D eigenvalue weighted by atomic mass is 10.1. The number of rotatable bonds is 4. The molecule has 0 radical (unpaired) electrons. The second-order valence-electron chi connectivity index (χ2n) is 4.44. The molecular weight excluding hydrogens is 260 g/mol. The van der Waals surface area contributed by atoms with Gasteiger partial charge in [-0.2, -0.15) is 0 Å². The van der Waals surface area contributed by atoms with E-state index in [9.17, 15) is 9.59 Å². The van der Waals surface area contributed by atoms with Crippen molar-refractivity contribution in [1.82, 2.24) is 9.97 Å². The molecule has 0 atom stereocenters. The maximum atomic E-state index is 11.5. The highest BCUT2D eigenvalue weighted by atomic mass is 16.5. The van der Waals surface area contributed by atoms with Crippen LogP contribution in [-0.4, -0.2) is 21.0 Å². The molecular formula is C14H14N2O4. The monoisotopic (exact) mass is 274 g/mol. The molecule has 1 heterocycles. The van der Waals surface area contributed by atoms with Crippen LogP contribution < -0.4 is 10.3 Å². The Bertz CT molecular complexity index is 707. The fraction of sp³-hybridized carbons (Fsp3) is 0.214. The summed E-state index contributed by atoms with van der Waals surface area (Å²) in [6.45, 7) is 3.98. The average molecular weight is 274 g/mol. The zero-order valence-corrected chi connectivity index (χ0v) is 11.1. The summed E-state index contributed by atoms with van der Waals surface area (Å²) in [6, 6.07) is 5.75. The summed E-state index contributed by atoms with van der Waals surface area (Å²) in [5.41, 5.74) is 1.04. The summed E-state index contributed by atoms with van der Waals surface area (Å²) < 4.78 is 5.55. The first-order chi connectivity index (χ1) is 9.47. The summed E-state index contributed by atoms with van der Waals surface area (Å²) >= 11 is 0. The van der Waals surface area contributed by atoms with Gasteiger partial charge in [-0.25, -0.2) is 9.78 Å². The van der Waals surface area contributed by atoms with Gasteiger partial charge in [0.25, 0.3) is 5.56 Å². The summed E-state index contributed by atoms with van der Waals surface area (Å²) in [5, 5.41) is 8.74. The molecule has 0 saturated heterocycles. The molecule has 0 aliphatic carbocycles. The first-order valence-corrected chi connectivity index (χ1v) is 5.99. The average Bonchev–Trinajstić information content (AvgIpc) is 2.37. The number of aryl methyl sites for hydroxylation is 2. The summed E-state index contributed by atoms with van der Waals surface area (Å²) in [7, 11) is 0. The molecule has 20 heavy (non-hydrogen) atoms. The highest BCUT2D eigenvalue weighted by Crippen LogP contribution is 2.19. The van der Waals surface area contributed by atoms with Crippen LogP contribution in [0.1, 0.15) is 27.3 Å². The minimum absolute atomic E-state index is 0.0685. The first kappa shape index (κ1) is 13.8. The van der Waals surface area contributed by atoms with Gasteiger partial charge >= 0.3 is 5.97 Å². The molecule has 104 valence electrons. The standard InChI is InChI=1S/C14H14N2O4/c1-8-3-4-11(9(2)5-8)20-7-12-15-6-10(14(18)19)13(17)16-12/h3-6H,7H2,1-2H3,(H,18,19)(H,15,16,17). The number of H-pyrrole nitrogens is 1. The van der Waals surface area contributed by atoms with Crippen molar-refractivity contribution in [2.75, 3.05) is 0 Å². The van der Waals surface area contributed by atoms with Crippen LogP contribution in [0.25, 0.3) is 0 Å². The third-order valence-electron chi connectivity index (χ3n) is 2.78. The lowest BCUT2D eigenvalue weighted by molar-refractivity contribution is 0.0694. The largest absolute Gasteiger partial charge is 0.485 e. The Morgan fingerprint density at radius 1 is 1.40 bits per heavy atom. The highest BCUT2D eigenvalue weighted by Gasteiger charge is 2.10. The summed E-state index contributed by atoms with van der Waals surface area (Å²) in [4.78, 5) is 28.4. The van der Waals surface area contributed by atoms with Gasteiger partial charge in [0, 0.05) is 6.20 Å². The predicted molar refractivity (Wildman–Crippen MR) is 72.1 cm³/mol. The molecule has 0 amide bonds. The predicted octanol–water partition coefficient (Wildman–Crippen LogP) is 1.66. The molecule has 0 spiro atoms. The van der Waals surface area contributed by atoms with Crippen molar-refractivity contribution in [3.05, 3.63) is 57.3 Å². The Labute approximate surface area is 115 Å². The number of carboxylic acids is 1. The van der Waals surface area contributed by atoms with Crippen LogP contribution in [0, 0.1) is 13.8 Å². The van der Waals surface area contributed by atoms with Gasteiger partial charge in [0.15, 0.2) is 0 Å². The van der Waals surface area contributed by atoms with Crippen molar-refractivity contribution < 1.29 is 14.6 Å². The third-order valence-corrected chi connectivity index (χ3v) is 2.78. The highest BCUT2D eigenvalue weighted by molar-refractivity contribution is 5.86. The van der Waals surface area contributed by atoms with E-state index in [-0.39, 0.29) is 18.0 Å². The van der Waals surface area contributed by atoms with Gasteiger partial charge in [-0.1, -0.05) is 17.7 Å². The van der Waals surface area contributed by atoms with Gasteiger partial charge in [0.2, 0.25) is 0 Å². The SMILES string of the molecule is Cc1ccc(OCc2ncc(C(=O)O)c(=O)[nH]2)c(C)c1. The Hall–Kier alpha value is -2.63. The van der Waals surface area contributed by atoms with Crippen molar-refractivity contribution in [3.8, 4) is 5.75 Å². The lowest BCUT2D eigenvalue weighted by Crippen LogP contribution is -2.20. The molecule has 0 aliphatic heterocycles. The topological polar surface area (TPSA) is 92.3 Å². The van der Waals surface area contributed by atoms with E-state index in [0.717, 1.165) is 17.3 Å². The van der Waals surface area contributed by atoms with Crippen LogP contribution in [-0.2, 0) is 6.61 Å². The van der Waals surface area contributed by atoms with E-state index in [4.69, 9.17) is 9.84 Å². The zero-order chi connectivity index (χ0) is 14.7. The normalized spacial score (nSPS) is 10.3. The third kappa shape index (κ3) is 3.03. The number of nitrogens with zero attached hydrogens (tertiary/aromatic N) is 1. The van der Waals surface area contributed by atoms with Crippen molar-refractivity contribution in [3.63, 3.8) is 0 Å². The molecule has 0 bridgehead atoms. The smallest absolute Gasteiger partial charge is 0.342 e. The Kier molecular flexibility index (Phi) is 3.84. The van der Waals surface area contributed by atoms with E-state index in [2.05, 4.69) is 9.97 Å². The van der Waals surface area contributed by atoms with Gasteiger partial charge in [-0.15, -0.1) is 0 Å². The van der Waals surface area contributed by atoms with Gasteiger partial charge in [-0.3, -0.25) is 4.79 Å². The van der Waals surface area contributed by atoms with Gasteiger partial charge in [0.1, 0.15) is 23.7 Å². The molecule has 0 saturated carbocycles. The Balaban J connectivity index is 2.13. The summed E-state index contributed by atoms with van der Waals surface area (Å²) in [5.74, 6) is -0.332. The maximum absolute atomic E-state index is 11.5. The fourth-order valence-electron chi connectivity index (χ4n) is 1.76. The van der Waals surface area contributed by atoms with Crippen molar-refractivity contribution in [2.45, 2.75) is 20.5 Å². The van der Waals surface area contributed by atoms with Crippen LogP contribution in [0.15, 0.2) is 29.2 Å². The first-order valence-electron chi connectivity index (χ1n) is 5.99. The number of aromatic amines is 1. The molecule has 0 unspecified atom stereocenters. The number of hydrogen-bond donors (Lipinski definition) is 2.